The van der Waals surface area contributed by atoms with Crippen molar-refractivity contribution in [3.8, 4) is 0 Å². The fraction of sp³-hybridized carbons (Fsp3) is 0.353. The van der Waals surface area contributed by atoms with Crippen LogP contribution in [-0.4, -0.2) is 5.91 Å². The molecule has 0 aliphatic heterocycles. The number of anilines is 2. The van der Waals surface area contributed by atoms with Crippen LogP contribution in [0.25, 0.3) is 0 Å². The van der Waals surface area contributed by atoms with Gasteiger partial charge >= 0.3 is 0 Å². The number of thiophene rings is 1. The highest BCUT2D eigenvalue weighted by atomic mass is 35.5. The van der Waals surface area contributed by atoms with Gasteiger partial charge in [0.1, 0.15) is 0 Å². The highest BCUT2D eigenvalue weighted by Gasteiger charge is 2.16. The normalized spacial score (nSPS) is 11.3. The number of benzene rings is 1. The Kier molecular flexibility index (Phi) is 5.95. The summed E-state index contributed by atoms with van der Waals surface area (Å²) in [7, 11) is 0. The molecule has 1 aromatic carbocycles. The van der Waals surface area contributed by atoms with Crippen LogP contribution in [0.3, 0.4) is 0 Å². The Hall–Kier alpha value is -1.23. The summed E-state index contributed by atoms with van der Waals surface area (Å²) in [6.07, 6.45) is 0.447. The average Bonchev–Trinajstić information content (AvgIpc) is 2.83. The first-order chi connectivity index (χ1) is 10.7. The summed E-state index contributed by atoms with van der Waals surface area (Å²) in [4.78, 5) is 13.1. The van der Waals surface area contributed by atoms with Crippen molar-refractivity contribution >= 4 is 51.8 Å². The molecule has 0 aliphatic carbocycles. The zero-order chi connectivity index (χ0) is 17.0. The fourth-order valence-electron chi connectivity index (χ4n) is 2.04. The molecule has 0 unspecified atom stereocenters. The fourth-order valence-corrected chi connectivity index (χ4v) is 3.29. The van der Waals surface area contributed by atoms with E-state index < -0.39 is 0 Å². The monoisotopic (exact) mass is 370 g/mol. The first-order valence-electron chi connectivity index (χ1n) is 7.30. The van der Waals surface area contributed by atoms with Crippen LogP contribution in [0.1, 0.15) is 32.1 Å². The molecule has 1 heterocycles. The molecule has 0 aliphatic rings. The second kappa shape index (κ2) is 7.56. The maximum Gasteiger partial charge on any atom is 0.224 e. The van der Waals surface area contributed by atoms with E-state index >= 15 is 0 Å². The SMILES string of the molecule is CC(C)(C)CC(=O)Nc1ccc(NCc2ccc(Cl)s2)cc1Cl. The van der Waals surface area contributed by atoms with Gasteiger partial charge in [-0.3, -0.25) is 4.79 Å². The van der Waals surface area contributed by atoms with Crippen molar-refractivity contribution in [1.29, 1.82) is 0 Å². The summed E-state index contributed by atoms with van der Waals surface area (Å²) in [6, 6.07) is 9.39. The van der Waals surface area contributed by atoms with E-state index in [9.17, 15) is 4.79 Å². The van der Waals surface area contributed by atoms with Crippen LogP contribution in [0.15, 0.2) is 30.3 Å². The van der Waals surface area contributed by atoms with E-state index in [1.54, 1.807) is 11.3 Å². The Labute approximate surface area is 151 Å². The van der Waals surface area contributed by atoms with Gasteiger partial charge in [0.25, 0.3) is 0 Å². The second-order valence-electron chi connectivity index (χ2n) is 6.54. The van der Waals surface area contributed by atoms with Crippen molar-refractivity contribution in [3.63, 3.8) is 0 Å². The van der Waals surface area contributed by atoms with Crippen molar-refractivity contribution < 1.29 is 4.79 Å². The molecular weight excluding hydrogens is 351 g/mol. The van der Waals surface area contributed by atoms with E-state index in [4.69, 9.17) is 23.2 Å². The minimum atomic E-state index is -0.0555. The Balaban J connectivity index is 1.96. The molecular formula is C17H20Cl2N2OS. The van der Waals surface area contributed by atoms with Gasteiger partial charge in [-0.25, -0.2) is 0 Å². The summed E-state index contributed by atoms with van der Waals surface area (Å²) >= 11 is 13.7. The minimum Gasteiger partial charge on any atom is -0.380 e. The topological polar surface area (TPSA) is 41.1 Å². The largest absolute Gasteiger partial charge is 0.380 e. The zero-order valence-electron chi connectivity index (χ0n) is 13.4. The Morgan fingerprint density at radius 1 is 1.17 bits per heavy atom. The van der Waals surface area contributed by atoms with Gasteiger partial charge in [-0.1, -0.05) is 44.0 Å². The van der Waals surface area contributed by atoms with Crippen LogP contribution in [0.5, 0.6) is 0 Å². The van der Waals surface area contributed by atoms with Crippen molar-refractivity contribution in [2.75, 3.05) is 10.6 Å². The maximum absolute atomic E-state index is 12.0. The van der Waals surface area contributed by atoms with Crippen molar-refractivity contribution in [2.45, 2.75) is 33.7 Å². The highest BCUT2D eigenvalue weighted by Crippen LogP contribution is 2.28. The first-order valence-corrected chi connectivity index (χ1v) is 8.88. The Morgan fingerprint density at radius 3 is 2.48 bits per heavy atom. The molecule has 2 rings (SSSR count). The van der Waals surface area contributed by atoms with Crippen LogP contribution in [-0.2, 0) is 11.3 Å². The lowest BCUT2D eigenvalue weighted by atomic mass is 9.92. The molecule has 2 N–H and O–H groups in total. The lowest BCUT2D eigenvalue weighted by molar-refractivity contribution is -0.117. The molecule has 0 bridgehead atoms. The van der Waals surface area contributed by atoms with Gasteiger partial charge in [-0.05, 0) is 35.7 Å². The lowest BCUT2D eigenvalue weighted by Gasteiger charge is -2.18. The first kappa shape index (κ1) is 18.1. The van der Waals surface area contributed by atoms with Gasteiger partial charge in [0.05, 0.1) is 15.0 Å². The number of amides is 1. The van der Waals surface area contributed by atoms with Gasteiger partial charge in [0, 0.05) is 23.5 Å². The maximum atomic E-state index is 12.0. The van der Waals surface area contributed by atoms with E-state index in [0.717, 1.165) is 14.9 Å². The number of hydrogen-bond donors (Lipinski definition) is 2. The molecule has 23 heavy (non-hydrogen) atoms. The van der Waals surface area contributed by atoms with Gasteiger partial charge in [0.2, 0.25) is 5.91 Å². The van der Waals surface area contributed by atoms with Crippen LogP contribution in [0.2, 0.25) is 9.36 Å². The van der Waals surface area contributed by atoms with E-state index in [-0.39, 0.29) is 11.3 Å². The van der Waals surface area contributed by atoms with Gasteiger partial charge in [0.15, 0.2) is 0 Å². The molecule has 0 fully saturated rings. The van der Waals surface area contributed by atoms with E-state index in [1.807, 2.05) is 51.1 Å². The number of carbonyl (C=O) groups excluding carboxylic acids is 1. The third-order valence-corrected chi connectivity index (χ3v) is 4.57. The number of hydrogen-bond acceptors (Lipinski definition) is 3. The van der Waals surface area contributed by atoms with Gasteiger partial charge in [-0.15, -0.1) is 11.3 Å². The highest BCUT2D eigenvalue weighted by molar-refractivity contribution is 7.16. The standard InChI is InChI=1S/C17H20Cl2N2OS/c1-17(2,3)9-16(22)21-14-6-4-11(8-13(14)18)20-10-12-5-7-15(19)23-12/h4-8,20H,9-10H2,1-3H3,(H,21,22). The minimum absolute atomic E-state index is 0.0339. The molecule has 6 heteroatoms. The molecule has 1 amide bonds. The summed E-state index contributed by atoms with van der Waals surface area (Å²) in [5, 5.41) is 6.66. The molecule has 3 nitrogen and oxygen atoms in total. The number of rotatable bonds is 5. The quantitative estimate of drug-likeness (QED) is 0.673. The van der Waals surface area contributed by atoms with Gasteiger partial charge < -0.3 is 10.6 Å². The van der Waals surface area contributed by atoms with E-state index in [1.165, 1.54) is 0 Å². The third-order valence-electron chi connectivity index (χ3n) is 3.03. The number of carbonyl (C=O) groups is 1. The number of nitrogens with one attached hydrogen (secondary N) is 2. The average molecular weight is 371 g/mol. The van der Waals surface area contributed by atoms with Crippen LogP contribution < -0.4 is 10.6 Å². The van der Waals surface area contributed by atoms with Gasteiger partial charge in [-0.2, -0.15) is 0 Å². The third kappa shape index (κ3) is 6.05. The predicted molar refractivity (Wildman–Crippen MR) is 101 cm³/mol. The lowest BCUT2D eigenvalue weighted by Crippen LogP contribution is -2.19. The summed E-state index contributed by atoms with van der Waals surface area (Å²) in [6.45, 7) is 6.76. The van der Waals surface area contributed by atoms with Crippen LogP contribution in [0, 0.1) is 5.41 Å². The van der Waals surface area contributed by atoms with Crippen LogP contribution >= 0.6 is 34.5 Å². The smallest absolute Gasteiger partial charge is 0.224 e. The molecule has 0 saturated heterocycles. The van der Waals surface area contributed by atoms with E-state index in [2.05, 4.69) is 10.6 Å². The van der Waals surface area contributed by atoms with E-state index in [0.29, 0.717) is 23.7 Å². The Morgan fingerprint density at radius 2 is 1.91 bits per heavy atom. The van der Waals surface area contributed by atoms with Crippen molar-refractivity contribution in [1.82, 2.24) is 0 Å². The molecule has 1 aromatic heterocycles. The molecule has 0 spiro atoms. The molecule has 124 valence electrons. The Bertz CT molecular complexity index is 692. The zero-order valence-corrected chi connectivity index (χ0v) is 15.7. The van der Waals surface area contributed by atoms with Crippen LogP contribution in [0.4, 0.5) is 11.4 Å². The summed E-state index contributed by atoms with van der Waals surface area (Å²) in [5.41, 5.74) is 1.47. The molecule has 0 atom stereocenters. The second-order valence-corrected chi connectivity index (χ2v) is 8.75. The molecule has 2 aromatic rings. The summed E-state index contributed by atoms with van der Waals surface area (Å²) in [5.74, 6) is -0.0339. The molecule has 0 saturated carbocycles. The van der Waals surface area contributed by atoms with Crippen molar-refractivity contribution in [3.05, 3.63) is 44.6 Å². The predicted octanol–water partition coefficient (Wildman–Crippen LogP) is 6.04. The van der Waals surface area contributed by atoms with Crippen molar-refractivity contribution in [2.24, 2.45) is 5.41 Å². The molecule has 0 radical (unpaired) electrons. The number of halogens is 2. The summed E-state index contributed by atoms with van der Waals surface area (Å²) < 4.78 is 0.775.